The van der Waals surface area contributed by atoms with Gasteiger partial charge < -0.3 is 19.8 Å². The number of H-pyrrole nitrogens is 1. The molecule has 0 spiro atoms. The predicted molar refractivity (Wildman–Crippen MR) is 75.6 cm³/mol. The first-order valence-corrected chi connectivity index (χ1v) is 6.22. The fourth-order valence-corrected chi connectivity index (χ4v) is 2.09. The molecule has 0 bridgehead atoms. The third kappa shape index (κ3) is 2.36. The fraction of sp³-hybridized carbons (Fsp3) is 0.0714. The number of anilines is 1. The standard InChI is InChI=1S/C14H12N4O3/c1-8-6-9(12(15-8)14(20)21)17-13(19)10-7-18-5-3-2-4-11(18)16-10/h2-7,15H,1H3,(H,17,19)(H,20,21). The molecule has 0 saturated heterocycles. The molecule has 0 unspecified atom stereocenters. The Balaban J connectivity index is 1.91. The maximum atomic E-state index is 12.2. The van der Waals surface area contributed by atoms with Crippen molar-refractivity contribution >= 4 is 23.2 Å². The van der Waals surface area contributed by atoms with Gasteiger partial charge in [0.05, 0.1) is 5.69 Å². The molecule has 1 amide bonds. The molecule has 21 heavy (non-hydrogen) atoms. The lowest BCUT2D eigenvalue weighted by molar-refractivity contribution is 0.0692. The number of hydrogen-bond acceptors (Lipinski definition) is 3. The summed E-state index contributed by atoms with van der Waals surface area (Å²) in [7, 11) is 0. The van der Waals surface area contributed by atoms with Gasteiger partial charge in [0, 0.05) is 18.1 Å². The van der Waals surface area contributed by atoms with Gasteiger partial charge in [0.25, 0.3) is 5.91 Å². The van der Waals surface area contributed by atoms with Crippen LogP contribution in [0.1, 0.15) is 26.7 Å². The van der Waals surface area contributed by atoms with Crippen molar-refractivity contribution in [2.45, 2.75) is 6.92 Å². The minimum Gasteiger partial charge on any atom is -0.477 e. The molecule has 3 rings (SSSR count). The van der Waals surface area contributed by atoms with E-state index in [0.717, 1.165) is 0 Å². The number of imidazole rings is 1. The molecule has 3 N–H and O–H groups in total. The van der Waals surface area contributed by atoms with Crippen LogP contribution in [0.25, 0.3) is 5.65 Å². The van der Waals surface area contributed by atoms with E-state index >= 15 is 0 Å². The lowest BCUT2D eigenvalue weighted by Gasteiger charge is -2.01. The number of nitrogens with zero attached hydrogens (tertiary/aromatic N) is 2. The first kappa shape index (κ1) is 12.9. The number of carbonyl (C=O) groups is 2. The summed E-state index contributed by atoms with van der Waals surface area (Å²) in [6, 6.07) is 6.99. The minimum atomic E-state index is -1.13. The predicted octanol–water partition coefficient (Wildman–Crippen LogP) is 1.92. The smallest absolute Gasteiger partial charge is 0.354 e. The quantitative estimate of drug-likeness (QED) is 0.684. The van der Waals surface area contributed by atoms with Gasteiger partial charge in [-0.3, -0.25) is 4.79 Å². The molecule has 0 saturated carbocycles. The average Bonchev–Trinajstić information content (AvgIpc) is 3.02. The highest BCUT2D eigenvalue weighted by Crippen LogP contribution is 2.18. The van der Waals surface area contributed by atoms with E-state index in [1.54, 1.807) is 35.9 Å². The Labute approximate surface area is 119 Å². The number of amides is 1. The number of carbonyl (C=O) groups excluding carboxylic acids is 1. The molecule has 0 aliphatic heterocycles. The van der Waals surface area contributed by atoms with Crippen molar-refractivity contribution in [1.82, 2.24) is 14.4 Å². The van der Waals surface area contributed by atoms with Gasteiger partial charge in [-0.15, -0.1) is 0 Å². The Morgan fingerprint density at radius 2 is 2.19 bits per heavy atom. The molecule has 106 valence electrons. The van der Waals surface area contributed by atoms with Crippen LogP contribution in [-0.4, -0.2) is 31.4 Å². The zero-order chi connectivity index (χ0) is 15.0. The second-order valence-corrected chi connectivity index (χ2v) is 4.59. The summed E-state index contributed by atoms with van der Waals surface area (Å²) in [5.41, 5.74) is 1.69. The molecule has 0 atom stereocenters. The first-order valence-electron chi connectivity index (χ1n) is 6.22. The van der Waals surface area contributed by atoms with Crippen molar-refractivity contribution in [3.05, 3.63) is 53.7 Å². The molecule has 0 radical (unpaired) electrons. The molecule has 0 aliphatic rings. The first-order chi connectivity index (χ1) is 10.0. The van der Waals surface area contributed by atoms with Gasteiger partial charge in [0.1, 0.15) is 17.0 Å². The van der Waals surface area contributed by atoms with E-state index in [1.807, 2.05) is 12.1 Å². The van der Waals surface area contributed by atoms with Crippen molar-refractivity contribution in [3.63, 3.8) is 0 Å². The zero-order valence-corrected chi connectivity index (χ0v) is 11.1. The maximum Gasteiger partial charge on any atom is 0.354 e. The topological polar surface area (TPSA) is 99.5 Å². The van der Waals surface area contributed by atoms with E-state index in [9.17, 15) is 9.59 Å². The fourth-order valence-electron chi connectivity index (χ4n) is 2.09. The number of aryl methyl sites for hydroxylation is 1. The average molecular weight is 284 g/mol. The van der Waals surface area contributed by atoms with Crippen molar-refractivity contribution in [3.8, 4) is 0 Å². The van der Waals surface area contributed by atoms with Gasteiger partial charge in [-0.05, 0) is 25.1 Å². The van der Waals surface area contributed by atoms with Gasteiger partial charge >= 0.3 is 5.97 Å². The Morgan fingerprint density at radius 1 is 1.38 bits per heavy atom. The minimum absolute atomic E-state index is 0.0513. The summed E-state index contributed by atoms with van der Waals surface area (Å²) >= 11 is 0. The number of aromatic amines is 1. The summed E-state index contributed by atoms with van der Waals surface area (Å²) in [6.07, 6.45) is 3.37. The Hall–Kier alpha value is -3.09. The highest BCUT2D eigenvalue weighted by Gasteiger charge is 2.17. The number of aromatic carboxylic acids is 1. The van der Waals surface area contributed by atoms with Crippen LogP contribution in [0.4, 0.5) is 5.69 Å². The number of nitrogens with one attached hydrogen (secondary N) is 2. The lowest BCUT2D eigenvalue weighted by atomic mass is 10.3. The van der Waals surface area contributed by atoms with E-state index in [-0.39, 0.29) is 17.1 Å². The molecule has 3 aromatic heterocycles. The van der Waals surface area contributed by atoms with E-state index in [1.165, 1.54) is 0 Å². The number of hydrogen-bond donors (Lipinski definition) is 3. The number of carboxylic acids is 1. The van der Waals surface area contributed by atoms with Crippen molar-refractivity contribution in [2.75, 3.05) is 5.32 Å². The molecule has 0 aromatic carbocycles. The number of pyridine rings is 1. The number of rotatable bonds is 3. The molecular weight excluding hydrogens is 272 g/mol. The van der Waals surface area contributed by atoms with Crippen LogP contribution in [0.15, 0.2) is 36.7 Å². The molecule has 0 fully saturated rings. The molecule has 0 aliphatic carbocycles. The third-order valence-electron chi connectivity index (χ3n) is 3.01. The summed E-state index contributed by atoms with van der Waals surface area (Å²) in [5.74, 6) is -1.59. The van der Waals surface area contributed by atoms with Crippen LogP contribution in [-0.2, 0) is 0 Å². The highest BCUT2D eigenvalue weighted by molar-refractivity contribution is 6.06. The summed E-state index contributed by atoms with van der Waals surface area (Å²) < 4.78 is 1.72. The van der Waals surface area contributed by atoms with Gasteiger partial charge in [-0.25, -0.2) is 9.78 Å². The zero-order valence-electron chi connectivity index (χ0n) is 11.1. The van der Waals surface area contributed by atoms with Crippen molar-refractivity contribution < 1.29 is 14.7 Å². The van der Waals surface area contributed by atoms with Crippen molar-refractivity contribution in [2.24, 2.45) is 0 Å². The summed E-state index contributed by atoms with van der Waals surface area (Å²) in [4.78, 5) is 30.1. The van der Waals surface area contributed by atoms with Crippen molar-refractivity contribution in [1.29, 1.82) is 0 Å². The Kier molecular flexibility index (Phi) is 2.94. The van der Waals surface area contributed by atoms with E-state index in [4.69, 9.17) is 5.11 Å². The van der Waals surface area contributed by atoms with Crippen LogP contribution >= 0.6 is 0 Å². The van der Waals surface area contributed by atoms with Crippen LogP contribution in [0.5, 0.6) is 0 Å². The third-order valence-corrected chi connectivity index (χ3v) is 3.01. The van der Waals surface area contributed by atoms with Crippen LogP contribution in [0.3, 0.4) is 0 Å². The van der Waals surface area contributed by atoms with E-state index in [2.05, 4.69) is 15.3 Å². The number of carboxylic acid groups (broad SMARTS) is 1. The van der Waals surface area contributed by atoms with Crippen LogP contribution < -0.4 is 5.32 Å². The van der Waals surface area contributed by atoms with Crippen LogP contribution in [0.2, 0.25) is 0 Å². The normalized spacial score (nSPS) is 10.7. The molecule has 3 aromatic rings. The number of aromatic nitrogens is 3. The van der Waals surface area contributed by atoms with Gasteiger partial charge in [-0.1, -0.05) is 6.07 Å². The van der Waals surface area contributed by atoms with Gasteiger partial charge in [-0.2, -0.15) is 0 Å². The molecule has 7 nitrogen and oxygen atoms in total. The van der Waals surface area contributed by atoms with E-state index < -0.39 is 11.9 Å². The largest absolute Gasteiger partial charge is 0.477 e. The molecule has 3 heterocycles. The summed E-state index contributed by atoms with van der Waals surface area (Å²) in [6.45, 7) is 1.72. The summed E-state index contributed by atoms with van der Waals surface area (Å²) in [5, 5.41) is 11.6. The van der Waals surface area contributed by atoms with E-state index in [0.29, 0.717) is 11.3 Å². The SMILES string of the molecule is Cc1cc(NC(=O)c2cn3ccccc3n2)c(C(=O)O)[nH]1. The maximum absolute atomic E-state index is 12.2. The second kappa shape index (κ2) is 4.78. The molecular formula is C14H12N4O3. The van der Waals surface area contributed by atoms with Gasteiger partial charge in [0.15, 0.2) is 0 Å². The van der Waals surface area contributed by atoms with Gasteiger partial charge in [0.2, 0.25) is 0 Å². The molecule has 7 heteroatoms. The monoisotopic (exact) mass is 284 g/mol. The number of fused-ring (bicyclic) bond motifs is 1. The Morgan fingerprint density at radius 3 is 2.90 bits per heavy atom. The second-order valence-electron chi connectivity index (χ2n) is 4.59. The van der Waals surface area contributed by atoms with Crippen LogP contribution in [0, 0.1) is 6.92 Å². The lowest BCUT2D eigenvalue weighted by Crippen LogP contribution is -2.14. The highest BCUT2D eigenvalue weighted by atomic mass is 16.4. The Bertz CT molecular complexity index is 814.